The van der Waals surface area contributed by atoms with Crippen molar-refractivity contribution in [1.29, 1.82) is 0 Å². The van der Waals surface area contributed by atoms with E-state index in [0.717, 1.165) is 49.8 Å². The number of fused-ring (bicyclic) bond motifs is 2. The number of alkyl halides is 2. The molecule has 4 heterocycles. The van der Waals surface area contributed by atoms with Gasteiger partial charge in [0.15, 0.2) is 5.69 Å². The average Bonchev–Trinajstić information content (AvgIpc) is 3.63. The van der Waals surface area contributed by atoms with Crippen molar-refractivity contribution in [3.63, 3.8) is 0 Å². The van der Waals surface area contributed by atoms with Crippen LogP contribution in [0.2, 0.25) is 0 Å². The molecule has 3 aliphatic rings. The first kappa shape index (κ1) is 24.7. The van der Waals surface area contributed by atoms with Gasteiger partial charge in [0.25, 0.3) is 0 Å². The number of anilines is 1. The number of esters is 1. The fraction of sp³-hybridized carbons (Fsp3) is 0.481. The van der Waals surface area contributed by atoms with Crippen molar-refractivity contribution >= 4 is 11.9 Å². The highest BCUT2D eigenvalue weighted by Gasteiger charge is 2.43. The van der Waals surface area contributed by atoms with Crippen LogP contribution in [0.25, 0.3) is 11.3 Å². The van der Waals surface area contributed by atoms with E-state index in [1.54, 1.807) is 30.5 Å². The van der Waals surface area contributed by atoms with E-state index in [0.29, 0.717) is 17.2 Å². The van der Waals surface area contributed by atoms with Gasteiger partial charge in [-0.15, -0.1) is 0 Å². The normalized spacial score (nSPS) is 22.6. The summed E-state index contributed by atoms with van der Waals surface area (Å²) >= 11 is 0. The lowest BCUT2D eigenvalue weighted by molar-refractivity contribution is -0.0494. The maximum Gasteiger partial charge on any atom is 0.387 e. The molecule has 0 radical (unpaired) electrons. The van der Waals surface area contributed by atoms with Gasteiger partial charge >= 0.3 is 12.6 Å². The molecule has 1 saturated carbocycles. The van der Waals surface area contributed by atoms with E-state index < -0.39 is 12.6 Å². The lowest BCUT2D eigenvalue weighted by atomic mass is 9.99. The SMILES string of the molecule is COC(=O)c1ccnc(N2C3CCC2CC(OCc2c(-c4ccccc4OC(F)F)noc2C2CC2)C3)n1. The summed E-state index contributed by atoms with van der Waals surface area (Å²) in [4.78, 5) is 23.0. The van der Waals surface area contributed by atoms with E-state index in [4.69, 9.17) is 18.7 Å². The Morgan fingerprint density at radius 3 is 2.61 bits per heavy atom. The van der Waals surface area contributed by atoms with Gasteiger partial charge in [0.2, 0.25) is 5.95 Å². The number of hydrogen-bond acceptors (Lipinski definition) is 9. The molecule has 0 N–H and O–H groups in total. The molecule has 9 nitrogen and oxygen atoms in total. The summed E-state index contributed by atoms with van der Waals surface area (Å²) in [5.41, 5.74) is 1.97. The number of rotatable bonds is 9. The maximum absolute atomic E-state index is 13.0. The van der Waals surface area contributed by atoms with Crippen molar-refractivity contribution in [2.45, 2.75) is 75.8 Å². The highest BCUT2D eigenvalue weighted by atomic mass is 19.3. The predicted molar refractivity (Wildman–Crippen MR) is 131 cm³/mol. The number of halogens is 2. The molecule has 3 fully saturated rings. The van der Waals surface area contributed by atoms with Crippen molar-refractivity contribution in [3.8, 4) is 17.0 Å². The monoisotopic (exact) mass is 526 g/mol. The molecule has 6 rings (SSSR count). The fourth-order valence-corrected chi connectivity index (χ4v) is 5.68. The second-order valence-corrected chi connectivity index (χ2v) is 9.95. The summed E-state index contributed by atoms with van der Waals surface area (Å²) in [6, 6.07) is 8.54. The zero-order chi connectivity index (χ0) is 26.2. The van der Waals surface area contributed by atoms with Gasteiger partial charge in [0, 0.05) is 35.3 Å². The highest BCUT2D eigenvalue weighted by Crippen LogP contribution is 2.46. The van der Waals surface area contributed by atoms with Crippen molar-refractivity contribution in [2.75, 3.05) is 12.0 Å². The van der Waals surface area contributed by atoms with Gasteiger partial charge in [-0.3, -0.25) is 0 Å². The standard InChI is InChI=1S/C27H28F2N4O5/c1-35-25(34)21-10-11-30-27(31-21)33-16-8-9-17(33)13-18(12-16)36-14-20-23(32-38-24(20)15-6-7-15)19-4-2-3-5-22(19)37-26(28)29/h2-5,10-11,15-18,26H,6-9,12-14H2,1H3. The van der Waals surface area contributed by atoms with Gasteiger partial charge in [-0.25, -0.2) is 14.8 Å². The summed E-state index contributed by atoms with van der Waals surface area (Å²) in [5, 5.41) is 4.26. The minimum atomic E-state index is -2.94. The third-order valence-electron chi connectivity index (χ3n) is 7.55. The first-order valence-corrected chi connectivity index (χ1v) is 12.9. The molecule has 2 aromatic heterocycles. The van der Waals surface area contributed by atoms with Gasteiger partial charge < -0.3 is 23.6 Å². The molecule has 0 amide bonds. The highest BCUT2D eigenvalue weighted by molar-refractivity contribution is 5.87. The van der Waals surface area contributed by atoms with Gasteiger partial charge in [0.05, 0.1) is 19.8 Å². The second kappa shape index (κ2) is 10.3. The number of benzene rings is 1. The summed E-state index contributed by atoms with van der Waals surface area (Å²) in [6.45, 7) is -2.67. The molecule has 3 aromatic rings. The fourth-order valence-electron chi connectivity index (χ4n) is 5.68. The topological polar surface area (TPSA) is 99.8 Å². The summed E-state index contributed by atoms with van der Waals surface area (Å²) in [7, 11) is 1.33. The van der Waals surface area contributed by atoms with E-state index in [-0.39, 0.29) is 42.2 Å². The third-order valence-corrected chi connectivity index (χ3v) is 7.55. The largest absolute Gasteiger partial charge is 0.464 e. The van der Waals surface area contributed by atoms with Crippen LogP contribution in [-0.4, -0.2) is 53.0 Å². The van der Waals surface area contributed by atoms with E-state index in [1.165, 1.54) is 13.2 Å². The quantitative estimate of drug-likeness (QED) is 0.352. The Morgan fingerprint density at radius 1 is 1.13 bits per heavy atom. The Morgan fingerprint density at radius 2 is 1.89 bits per heavy atom. The van der Waals surface area contributed by atoms with Crippen LogP contribution in [0.4, 0.5) is 14.7 Å². The average molecular weight is 527 g/mol. The van der Waals surface area contributed by atoms with Crippen LogP contribution in [0.1, 0.15) is 66.3 Å². The minimum absolute atomic E-state index is 0.00472. The third kappa shape index (κ3) is 4.82. The molecule has 2 unspecified atom stereocenters. The Balaban J connectivity index is 1.19. The van der Waals surface area contributed by atoms with Crippen molar-refractivity contribution < 1.29 is 32.3 Å². The van der Waals surface area contributed by atoms with Crippen molar-refractivity contribution in [2.24, 2.45) is 0 Å². The molecular formula is C27H28F2N4O5. The number of aromatic nitrogens is 3. The molecule has 2 aliphatic heterocycles. The van der Waals surface area contributed by atoms with E-state index >= 15 is 0 Å². The molecule has 1 aliphatic carbocycles. The molecule has 38 heavy (non-hydrogen) atoms. The van der Waals surface area contributed by atoms with Crippen LogP contribution in [0.5, 0.6) is 5.75 Å². The molecule has 200 valence electrons. The van der Waals surface area contributed by atoms with Crippen LogP contribution >= 0.6 is 0 Å². The molecule has 2 bridgehead atoms. The van der Waals surface area contributed by atoms with E-state index in [2.05, 4.69) is 20.0 Å². The number of hydrogen-bond donors (Lipinski definition) is 0. The zero-order valence-corrected chi connectivity index (χ0v) is 20.9. The predicted octanol–water partition coefficient (Wildman–Crippen LogP) is 5.11. The van der Waals surface area contributed by atoms with Crippen LogP contribution in [0, 0.1) is 0 Å². The van der Waals surface area contributed by atoms with Crippen molar-refractivity contribution in [1.82, 2.24) is 15.1 Å². The first-order chi connectivity index (χ1) is 18.5. The number of methoxy groups -OCH3 is 1. The van der Waals surface area contributed by atoms with E-state index in [1.807, 2.05) is 0 Å². The minimum Gasteiger partial charge on any atom is -0.464 e. The molecule has 2 saturated heterocycles. The Hall–Kier alpha value is -3.60. The van der Waals surface area contributed by atoms with E-state index in [9.17, 15) is 13.6 Å². The van der Waals surface area contributed by atoms with Gasteiger partial charge in [0.1, 0.15) is 17.2 Å². The van der Waals surface area contributed by atoms with Gasteiger partial charge in [-0.05, 0) is 56.7 Å². The maximum atomic E-state index is 13.0. The lowest BCUT2D eigenvalue weighted by Gasteiger charge is -2.38. The molecule has 11 heteroatoms. The number of nitrogens with zero attached hydrogens (tertiary/aromatic N) is 4. The lowest BCUT2D eigenvalue weighted by Crippen LogP contribution is -2.46. The number of carbonyl (C=O) groups excluding carboxylic acids is 1. The molecular weight excluding hydrogens is 498 g/mol. The van der Waals surface area contributed by atoms with Crippen LogP contribution in [-0.2, 0) is 16.1 Å². The summed E-state index contributed by atoms with van der Waals surface area (Å²) in [5.74, 6) is 1.14. The summed E-state index contributed by atoms with van der Waals surface area (Å²) in [6.07, 6.45) is 7.13. The number of ether oxygens (including phenoxy) is 3. The number of piperidine rings is 1. The number of para-hydroxylation sites is 1. The smallest absolute Gasteiger partial charge is 0.387 e. The summed E-state index contributed by atoms with van der Waals surface area (Å²) < 4.78 is 47.8. The van der Waals surface area contributed by atoms with Crippen LogP contribution in [0.15, 0.2) is 41.1 Å². The van der Waals surface area contributed by atoms with Gasteiger partial charge in [-0.1, -0.05) is 17.3 Å². The molecule has 1 aromatic carbocycles. The zero-order valence-electron chi connectivity index (χ0n) is 20.9. The Bertz CT molecular complexity index is 1300. The Labute approximate surface area is 218 Å². The second-order valence-electron chi connectivity index (χ2n) is 9.95. The molecule has 0 spiro atoms. The van der Waals surface area contributed by atoms with Crippen LogP contribution < -0.4 is 9.64 Å². The molecule has 2 atom stereocenters. The van der Waals surface area contributed by atoms with Gasteiger partial charge in [-0.2, -0.15) is 8.78 Å². The Kier molecular flexibility index (Phi) is 6.69. The number of carbonyl (C=O) groups is 1. The first-order valence-electron chi connectivity index (χ1n) is 12.9. The van der Waals surface area contributed by atoms with Crippen LogP contribution in [0.3, 0.4) is 0 Å². The van der Waals surface area contributed by atoms with Crippen molar-refractivity contribution in [3.05, 3.63) is 53.5 Å².